The van der Waals surface area contributed by atoms with E-state index in [1.165, 1.54) is 10.8 Å². The van der Waals surface area contributed by atoms with E-state index in [-0.39, 0.29) is 5.69 Å². The minimum atomic E-state index is -0.415. The van der Waals surface area contributed by atoms with Gasteiger partial charge in [0, 0.05) is 12.7 Å². The van der Waals surface area contributed by atoms with Gasteiger partial charge in [-0.2, -0.15) is 0 Å². The van der Waals surface area contributed by atoms with Gasteiger partial charge in [0.1, 0.15) is 4.90 Å². The van der Waals surface area contributed by atoms with Crippen molar-refractivity contribution < 1.29 is 0 Å². The Bertz CT molecular complexity index is 438. The molecule has 0 aliphatic rings. The third-order valence-electron chi connectivity index (χ3n) is 2.36. The molecule has 0 aliphatic heterocycles. The minimum absolute atomic E-state index is 0.362. The maximum Gasteiger partial charge on any atom is 0.328 e. The van der Waals surface area contributed by atoms with Crippen LogP contribution in [0.15, 0.2) is 20.7 Å². The van der Waals surface area contributed by atoms with Crippen molar-refractivity contribution in [2.24, 2.45) is 5.14 Å². The molecule has 0 spiro atoms. The normalized spacial score (nSPS) is 10.6. The number of H-pyrrole nitrogens is 1. The molecule has 0 radical (unpaired) electrons. The number of unbranched alkanes of at least 4 members (excludes halogenated alkanes) is 3. The van der Waals surface area contributed by atoms with Crippen molar-refractivity contribution in [2.45, 2.75) is 44.0 Å². The Kier molecular flexibility index (Phi) is 5.34. The summed E-state index contributed by atoms with van der Waals surface area (Å²) in [6.45, 7) is 2.76. The van der Waals surface area contributed by atoms with Crippen LogP contribution in [-0.2, 0) is 6.54 Å². The van der Waals surface area contributed by atoms with E-state index in [0.717, 1.165) is 37.6 Å². The standard InChI is InChI=1S/C10H17N3O2S/c1-2-3-4-5-6-13-7-8(16-11)9(14)12-10(13)15/h7H,2-6,11H2,1H3,(H,12,14,15). The van der Waals surface area contributed by atoms with Crippen molar-refractivity contribution in [1.29, 1.82) is 0 Å². The molecule has 0 unspecified atom stereocenters. The second-order valence-corrected chi connectivity index (χ2v) is 4.30. The number of nitrogens with zero attached hydrogens (tertiary/aromatic N) is 1. The Hall–Kier alpha value is -1.01. The van der Waals surface area contributed by atoms with Crippen molar-refractivity contribution in [2.75, 3.05) is 0 Å². The number of nitrogens with one attached hydrogen (secondary N) is 1. The van der Waals surface area contributed by atoms with E-state index in [1.807, 2.05) is 0 Å². The quantitative estimate of drug-likeness (QED) is 0.578. The van der Waals surface area contributed by atoms with E-state index >= 15 is 0 Å². The van der Waals surface area contributed by atoms with Crippen LogP contribution in [0.3, 0.4) is 0 Å². The SMILES string of the molecule is CCCCCCn1cc(SN)c(=O)[nH]c1=O. The van der Waals surface area contributed by atoms with Crippen LogP contribution >= 0.6 is 11.9 Å². The van der Waals surface area contributed by atoms with Crippen molar-refractivity contribution in [1.82, 2.24) is 9.55 Å². The van der Waals surface area contributed by atoms with E-state index < -0.39 is 5.56 Å². The molecule has 1 aromatic rings. The molecule has 0 atom stereocenters. The first kappa shape index (κ1) is 13.1. The molecule has 0 amide bonds. The van der Waals surface area contributed by atoms with Gasteiger partial charge in [0.05, 0.1) is 0 Å². The van der Waals surface area contributed by atoms with Gasteiger partial charge < -0.3 is 0 Å². The maximum atomic E-state index is 11.4. The highest BCUT2D eigenvalue weighted by molar-refractivity contribution is 7.97. The van der Waals surface area contributed by atoms with Crippen LogP contribution in [0.1, 0.15) is 32.6 Å². The Labute approximate surface area is 98.2 Å². The van der Waals surface area contributed by atoms with Gasteiger partial charge in [0.2, 0.25) is 0 Å². The second kappa shape index (κ2) is 6.55. The smallest absolute Gasteiger partial charge is 0.299 e. The maximum absolute atomic E-state index is 11.4. The average Bonchev–Trinajstić information content (AvgIpc) is 2.27. The Morgan fingerprint density at radius 1 is 1.38 bits per heavy atom. The third kappa shape index (κ3) is 3.53. The van der Waals surface area contributed by atoms with Gasteiger partial charge in [-0.25, -0.2) is 4.79 Å². The van der Waals surface area contributed by atoms with Crippen molar-refractivity contribution >= 4 is 11.9 Å². The minimum Gasteiger partial charge on any atom is -0.299 e. The number of hydrogen-bond acceptors (Lipinski definition) is 4. The summed E-state index contributed by atoms with van der Waals surface area (Å²) in [6.07, 6.45) is 5.88. The highest BCUT2D eigenvalue weighted by Gasteiger charge is 2.03. The molecular formula is C10H17N3O2S. The Morgan fingerprint density at radius 2 is 2.12 bits per heavy atom. The summed E-state index contributed by atoms with van der Waals surface area (Å²) in [6, 6.07) is 0. The summed E-state index contributed by atoms with van der Waals surface area (Å²) in [5.41, 5.74) is -0.776. The molecule has 0 saturated heterocycles. The molecule has 90 valence electrons. The number of hydrogen-bond donors (Lipinski definition) is 2. The number of aryl methyl sites for hydroxylation is 1. The summed E-state index contributed by atoms with van der Waals surface area (Å²) in [7, 11) is 0. The van der Waals surface area contributed by atoms with E-state index in [2.05, 4.69) is 11.9 Å². The molecule has 1 rings (SSSR count). The van der Waals surface area contributed by atoms with Gasteiger partial charge >= 0.3 is 5.69 Å². The number of aromatic amines is 1. The lowest BCUT2D eigenvalue weighted by molar-refractivity contribution is 0.554. The third-order valence-corrected chi connectivity index (χ3v) is 2.90. The zero-order chi connectivity index (χ0) is 12.0. The molecule has 1 aromatic heterocycles. The van der Waals surface area contributed by atoms with E-state index in [0.29, 0.717) is 11.4 Å². The van der Waals surface area contributed by atoms with Crippen molar-refractivity contribution in [3.8, 4) is 0 Å². The van der Waals surface area contributed by atoms with Gasteiger partial charge in [-0.3, -0.25) is 19.5 Å². The molecule has 1 heterocycles. The first-order valence-corrected chi connectivity index (χ1v) is 6.27. The van der Waals surface area contributed by atoms with Crippen molar-refractivity contribution in [3.63, 3.8) is 0 Å². The van der Waals surface area contributed by atoms with Gasteiger partial charge in [0.25, 0.3) is 5.56 Å². The fourth-order valence-corrected chi connectivity index (χ4v) is 1.79. The number of aromatic nitrogens is 2. The summed E-state index contributed by atoms with van der Waals surface area (Å²) >= 11 is 0.859. The fourth-order valence-electron chi connectivity index (χ4n) is 1.45. The average molecular weight is 243 g/mol. The number of rotatable bonds is 6. The van der Waals surface area contributed by atoms with Gasteiger partial charge in [-0.15, -0.1) is 0 Å². The van der Waals surface area contributed by atoms with Crippen LogP contribution in [0.25, 0.3) is 0 Å². The highest BCUT2D eigenvalue weighted by atomic mass is 32.2. The van der Waals surface area contributed by atoms with Gasteiger partial charge in [0.15, 0.2) is 0 Å². The fraction of sp³-hybridized carbons (Fsp3) is 0.600. The summed E-state index contributed by atoms with van der Waals surface area (Å²) in [5, 5.41) is 5.33. The molecule has 0 fully saturated rings. The summed E-state index contributed by atoms with van der Waals surface area (Å²) in [4.78, 5) is 25.3. The molecule has 0 aliphatic carbocycles. The molecule has 5 nitrogen and oxygen atoms in total. The zero-order valence-corrected chi connectivity index (χ0v) is 10.2. The van der Waals surface area contributed by atoms with Gasteiger partial charge in [-0.1, -0.05) is 26.2 Å². The lowest BCUT2D eigenvalue weighted by atomic mass is 10.2. The molecular weight excluding hydrogens is 226 g/mol. The molecule has 0 bridgehead atoms. The molecule has 16 heavy (non-hydrogen) atoms. The zero-order valence-electron chi connectivity index (χ0n) is 9.36. The Balaban J connectivity index is 2.72. The Morgan fingerprint density at radius 3 is 2.75 bits per heavy atom. The topological polar surface area (TPSA) is 80.9 Å². The highest BCUT2D eigenvalue weighted by Crippen LogP contribution is 2.04. The first-order chi connectivity index (χ1) is 7.69. The van der Waals surface area contributed by atoms with Crippen LogP contribution < -0.4 is 16.4 Å². The molecule has 3 N–H and O–H groups in total. The first-order valence-electron chi connectivity index (χ1n) is 5.39. The van der Waals surface area contributed by atoms with Gasteiger partial charge in [-0.05, 0) is 18.4 Å². The monoisotopic (exact) mass is 243 g/mol. The van der Waals surface area contributed by atoms with E-state index in [1.54, 1.807) is 0 Å². The van der Waals surface area contributed by atoms with Crippen LogP contribution in [0, 0.1) is 0 Å². The summed E-state index contributed by atoms with van der Waals surface area (Å²) in [5.74, 6) is 0. The predicted molar refractivity (Wildman–Crippen MR) is 65.5 cm³/mol. The predicted octanol–water partition coefficient (Wildman–Crippen LogP) is 1.08. The molecule has 6 heteroatoms. The van der Waals surface area contributed by atoms with E-state index in [9.17, 15) is 9.59 Å². The van der Waals surface area contributed by atoms with Crippen LogP contribution in [0.5, 0.6) is 0 Å². The van der Waals surface area contributed by atoms with Crippen molar-refractivity contribution in [3.05, 3.63) is 27.0 Å². The van der Waals surface area contributed by atoms with Crippen LogP contribution in [0.2, 0.25) is 0 Å². The number of nitrogens with two attached hydrogens (primary N) is 1. The second-order valence-electron chi connectivity index (χ2n) is 3.62. The largest absolute Gasteiger partial charge is 0.328 e. The molecule has 0 aromatic carbocycles. The lowest BCUT2D eigenvalue weighted by Crippen LogP contribution is -2.30. The lowest BCUT2D eigenvalue weighted by Gasteiger charge is -2.05. The molecule has 0 saturated carbocycles. The van der Waals surface area contributed by atoms with E-state index in [4.69, 9.17) is 5.14 Å². The van der Waals surface area contributed by atoms with Crippen LogP contribution in [0.4, 0.5) is 0 Å². The van der Waals surface area contributed by atoms with Crippen LogP contribution in [-0.4, -0.2) is 9.55 Å². The summed E-state index contributed by atoms with van der Waals surface area (Å²) < 4.78 is 1.51.